The lowest BCUT2D eigenvalue weighted by Crippen LogP contribution is -2.08. The van der Waals surface area contributed by atoms with Crippen molar-refractivity contribution in [2.45, 2.75) is 19.3 Å². The summed E-state index contributed by atoms with van der Waals surface area (Å²) in [5.41, 5.74) is 4.49. The van der Waals surface area contributed by atoms with E-state index in [1.54, 1.807) is 36.4 Å². The predicted octanol–water partition coefficient (Wildman–Crippen LogP) is 4.81. The first-order valence-electron chi connectivity index (χ1n) is 10.7. The zero-order valence-electron chi connectivity index (χ0n) is 18.3. The van der Waals surface area contributed by atoms with E-state index >= 15 is 0 Å². The molecule has 0 spiro atoms. The minimum absolute atomic E-state index is 0.0419. The summed E-state index contributed by atoms with van der Waals surface area (Å²) in [6.07, 6.45) is 2.19. The third-order valence-corrected chi connectivity index (χ3v) is 5.31. The van der Waals surface area contributed by atoms with E-state index < -0.39 is 17.9 Å². The van der Waals surface area contributed by atoms with Gasteiger partial charge in [-0.15, -0.1) is 0 Å². The number of fused-ring (bicyclic) bond motifs is 3. The third-order valence-electron chi connectivity index (χ3n) is 5.31. The summed E-state index contributed by atoms with van der Waals surface area (Å²) >= 11 is 0. The Kier molecular flexibility index (Phi) is 6.73. The molecule has 7 nitrogen and oxygen atoms in total. The minimum Gasteiger partial charge on any atom is -0.494 e. The van der Waals surface area contributed by atoms with Crippen LogP contribution in [-0.4, -0.2) is 29.6 Å². The standard InChI is InChI=1S/C27H22O7/c1-2-26(30)33-21-9-11-23-18(15-21)14-19-16-22(10-12-24(19)23)34-27(31)17-5-7-20(8-6-17)32-13-3-4-25(28)29/h2,5-12,15-16H,1,3-4,13-14H2,(H,28,29). The largest absolute Gasteiger partial charge is 0.494 e. The van der Waals surface area contributed by atoms with Gasteiger partial charge in [0.2, 0.25) is 0 Å². The second-order valence-corrected chi connectivity index (χ2v) is 7.70. The Morgan fingerprint density at radius 2 is 1.44 bits per heavy atom. The van der Waals surface area contributed by atoms with Crippen molar-refractivity contribution < 1.29 is 33.7 Å². The molecule has 0 aromatic heterocycles. The fraction of sp³-hybridized carbons (Fsp3) is 0.148. The molecule has 34 heavy (non-hydrogen) atoms. The highest BCUT2D eigenvalue weighted by molar-refractivity contribution is 5.91. The highest BCUT2D eigenvalue weighted by Gasteiger charge is 2.21. The molecule has 4 rings (SSSR count). The monoisotopic (exact) mass is 458 g/mol. The summed E-state index contributed by atoms with van der Waals surface area (Å²) in [6.45, 7) is 3.68. The van der Waals surface area contributed by atoms with Gasteiger partial charge in [-0.05, 0) is 83.6 Å². The van der Waals surface area contributed by atoms with Crippen LogP contribution in [0.25, 0.3) is 11.1 Å². The van der Waals surface area contributed by atoms with E-state index in [1.807, 2.05) is 24.3 Å². The lowest BCUT2D eigenvalue weighted by atomic mass is 10.1. The van der Waals surface area contributed by atoms with Gasteiger partial charge in [0.1, 0.15) is 17.2 Å². The van der Waals surface area contributed by atoms with Gasteiger partial charge in [-0.3, -0.25) is 4.79 Å². The van der Waals surface area contributed by atoms with Gasteiger partial charge in [-0.2, -0.15) is 0 Å². The van der Waals surface area contributed by atoms with E-state index in [9.17, 15) is 14.4 Å². The molecular weight excluding hydrogens is 436 g/mol. The second kappa shape index (κ2) is 10.0. The van der Waals surface area contributed by atoms with E-state index in [0.717, 1.165) is 28.3 Å². The van der Waals surface area contributed by atoms with Crippen LogP contribution in [0.2, 0.25) is 0 Å². The Morgan fingerprint density at radius 3 is 2.03 bits per heavy atom. The van der Waals surface area contributed by atoms with Crippen molar-refractivity contribution in [2.75, 3.05) is 6.61 Å². The molecule has 1 aliphatic carbocycles. The number of carboxylic acids is 1. The van der Waals surface area contributed by atoms with Crippen molar-refractivity contribution in [3.8, 4) is 28.4 Å². The van der Waals surface area contributed by atoms with Crippen LogP contribution >= 0.6 is 0 Å². The molecule has 0 atom stereocenters. The molecule has 0 unspecified atom stereocenters. The molecule has 172 valence electrons. The average Bonchev–Trinajstić information content (AvgIpc) is 3.18. The van der Waals surface area contributed by atoms with Gasteiger partial charge in [0.25, 0.3) is 0 Å². The van der Waals surface area contributed by atoms with Crippen molar-refractivity contribution in [2.24, 2.45) is 0 Å². The van der Waals surface area contributed by atoms with Gasteiger partial charge >= 0.3 is 17.9 Å². The summed E-state index contributed by atoms with van der Waals surface area (Å²) in [5.74, 6) is -0.429. The Hall–Kier alpha value is -4.39. The number of rotatable bonds is 9. The first kappa shape index (κ1) is 22.8. The Bertz CT molecular complexity index is 1260. The van der Waals surface area contributed by atoms with Gasteiger partial charge in [0, 0.05) is 12.5 Å². The Morgan fingerprint density at radius 1 is 0.853 bits per heavy atom. The molecule has 0 heterocycles. The van der Waals surface area contributed by atoms with Gasteiger partial charge in [0.05, 0.1) is 12.2 Å². The number of aliphatic carboxylic acids is 1. The maximum absolute atomic E-state index is 12.6. The molecule has 0 fully saturated rings. The smallest absolute Gasteiger partial charge is 0.343 e. The topological polar surface area (TPSA) is 99.1 Å². The van der Waals surface area contributed by atoms with Crippen molar-refractivity contribution in [3.63, 3.8) is 0 Å². The first-order valence-corrected chi connectivity index (χ1v) is 10.7. The van der Waals surface area contributed by atoms with E-state index in [1.165, 1.54) is 0 Å². The molecule has 0 aliphatic heterocycles. The maximum Gasteiger partial charge on any atom is 0.343 e. The molecule has 7 heteroatoms. The van der Waals surface area contributed by atoms with Crippen LogP contribution in [0.5, 0.6) is 17.2 Å². The van der Waals surface area contributed by atoms with Crippen LogP contribution in [0.15, 0.2) is 73.3 Å². The van der Waals surface area contributed by atoms with Crippen LogP contribution in [0.3, 0.4) is 0 Å². The summed E-state index contributed by atoms with van der Waals surface area (Å²) in [6, 6.07) is 17.5. The third kappa shape index (κ3) is 5.32. The average molecular weight is 458 g/mol. The van der Waals surface area contributed by atoms with Crippen LogP contribution in [0, 0.1) is 0 Å². The maximum atomic E-state index is 12.6. The van der Waals surface area contributed by atoms with Crippen LogP contribution in [0.4, 0.5) is 0 Å². The van der Waals surface area contributed by atoms with Gasteiger partial charge in [-0.1, -0.05) is 18.7 Å². The fourth-order valence-corrected chi connectivity index (χ4v) is 3.71. The first-order chi connectivity index (χ1) is 16.4. The minimum atomic E-state index is -0.865. The molecule has 3 aromatic carbocycles. The number of ether oxygens (including phenoxy) is 3. The molecule has 0 radical (unpaired) electrons. The molecule has 1 aliphatic rings. The normalized spacial score (nSPS) is 11.2. The molecule has 0 saturated carbocycles. The molecule has 0 saturated heterocycles. The highest BCUT2D eigenvalue weighted by atomic mass is 16.5. The van der Waals surface area contributed by atoms with Gasteiger partial charge in [0.15, 0.2) is 0 Å². The number of benzene rings is 3. The van der Waals surface area contributed by atoms with Gasteiger partial charge in [-0.25, -0.2) is 9.59 Å². The second-order valence-electron chi connectivity index (χ2n) is 7.70. The summed E-state index contributed by atoms with van der Waals surface area (Å²) in [7, 11) is 0. The lowest BCUT2D eigenvalue weighted by Gasteiger charge is -2.08. The summed E-state index contributed by atoms with van der Waals surface area (Å²) in [5, 5.41) is 8.65. The van der Waals surface area contributed by atoms with Crippen molar-refractivity contribution in [1.82, 2.24) is 0 Å². The number of hydrogen-bond acceptors (Lipinski definition) is 6. The zero-order chi connectivity index (χ0) is 24.1. The quantitative estimate of drug-likeness (QED) is 0.166. The van der Waals surface area contributed by atoms with E-state index in [-0.39, 0.29) is 13.0 Å². The fourth-order valence-electron chi connectivity index (χ4n) is 3.71. The number of esters is 2. The summed E-state index contributed by atoms with van der Waals surface area (Å²) in [4.78, 5) is 34.6. The number of carbonyl (C=O) groups excluding carboxylic acids is 2. The van der Waals surface area contributed by atoms with Crippen molar-refractivity contribution in [1.29, 1.82) is 0 Å². The molecular formula is C27H22O7. The number of hydrogen-bond donors (Lipinski definition) is 1. The Balaban J connectivity index is 1.38. The van der Waals surface area contributed by atoms with E-state index in [2.05, 4.69) is 6.58 Å². The molecule has 0 bridgehead atoms. The van der Waals surface area contributed by atoms with Crippen LogP contribution in [-0.2, 0) is 16.0 Å². The zero-order valence-corrected chi connectivity index (χ0v) is 18.3. The van der Waals surface area contributed by atoms with Crippen molar-refractivity contribution >= 4 is 17.9 Å². The number of carbonyl (C=O) groups is 3. The van der Waals surface area contributed by atoms with Crippen molar-refractivity contribution in [3.05, 3.63) is 90.0 Å². The molecule has 1 N–H and O–H groups in total. The van der Waals surface area contributed by atoms with Gasteiger partial charge < -0.3 is 19.3 Å². The SMILES string of the molecule is C=CC(=O)Oc1ccc2c(c1)Cc1cc(OC(=O)c3ccc(OCCCC(=O)O)cc3)ccc1-2. The van der Waals surface area contributed by atoms with E-state index in [4.69, 9.17) is 19.3 Å². The summed E-state index contributed by atoms with van der Waals surface area (Å²) < 4.78 is 16.2. The molecule has 3 aromatic rings. The molecule has 0 amide bonds. The number of carboxylic acid groups (broad SMARTS) is 1. The van der Waals surface area contributed by atoms with E-state index in [0.29, 0.717) is 35.7 Å². The van der Waals surface area contributed by atoms with Crippen LogP contribution < -0.4 is 14.2 Å². The Labute approximate surface area is 196 Å². The van der Waals surface area contributed by atoms with Crippen LogP contribution in [0.1, 0.15) is 34.3 Å². The lowest BCUT2D eigenvalue weighted by molar-refractivity contribution is -0.137. The highest BCUT2D eigenvalue weighted by Crippen LogP contribution is 2.40. The predicted molar refractivity (Wildman–Crippen MR) is 124 cm³/mol.